The molecule has 1 fully saturated rings. The van der Waals surface area contributed by atoms with Crippen LogP contribution in [0.1, 0.15) is 19.3 Å². The van der Waals surface area contributed by atoms with Gasteiger partial charge in [-0.1, -0.05) is 6.42 Å². The van der Waals surface area contributed by atoms with Crippen LogP contribution in [-0.2, 0) is 0 Å². The maximum Gasteiger partial charge on any atom is 0.164 e. The van der Waals surface area contributed by atoms with Gasteiger partial charge in [0, 0.05) is 18.2 Å². The first-order valence-electron chi connectivity index (χ1n) is 7.00. The number of hydrogen-bond acceptors (Lipinski definition) is 5. The normalized spacial score (nSPS) is 19.6. The predicted octanol–water partition coefficient (Wildman–Crippen LogP) is 2.15. The van der Waals surface area contributed by atoms with Crippen molar-refractivity contribution in [2.24, 2.45) is 0 Å². The maximum atomic E-state index is 6.00. The molecule has 1 saturated heterocycles. The Morgan fingerprint density at radius 2 is 1.85 bits per heavy atom. The van der Waals surface area contributed by atoms with Crippen molar-refractivity contribution in [2.75, 3.05) is 40.2 Å². The highest BCUT2D eigenvalue weighted by atomic mass is 16.5. The summed E-state index contributed by atoms with van der Waals surface area (Å²) in [6, 6.07) is 3.98. The van der Waals surface area contributed by atoms with Gasteiger partial charge < -0.3 is 24.8 Å². The lowest BCUT2D eigenvalue weighted by Gasteiger charge is -2.32. The van der Waals surface area contributed by atoms with Crippen molar-refractivity contribution >= 4 is 5.69 Å². The molecular formula is C15H24N2O3. The van der Waals surface area contributed by atoms with E-state index in [-0.39, 0.29) is 0 Å². The van der Waals surface area contributed by atoms with E-state index in [1.54, 1.807) is 26.4 Å². The molecule has 0 amide bonds. The molecule has 0 aromatic heterocycles. The van der Waals surface area contributed by atoms with Gasteiger partial charge in [-0.15, -0.1) is 0 Å². The van der Waals surface area contributed by atoms with Gasteiger partial charge in [0.2, 0.25) is 0 Å². The second kappa shape index (κ2) is 6.70. The molecular weight excluding hydrogens is 256 g/mol. The third-order valence-electron chi connectivity index (χ3n) is 3.87. The molecule has 1 aliphatic heterocycles. The molecule has 0 bridgehead atoms. The van der Waals surface area contributed by atoms with Crippen molar-refractivity contribution in [3.63, 3.8) is 0 Å². The molecule has 2 rings (SSSR count). The van der Waals surface area contributed by atoms with Gasteiger partial charge >= 0.3 is 0 Å². The number of ether oxygens (including phenoxy) is 3. The number of hydrogen-bond donors (Lipinski definition) is 1. The molecule has 1 unspecified atom stereocenters. The fourth-order valence-corrected chi connectivity index (χ4v) is 2.54. The smallest absolute Gasteiger partial charge is 0.164 e. The van der Waals surface area contributed by atoms with Gasteiger partial charge in [-0.25, -0.2) is 0 Å². The molecule has 0 radical (unpaired) electrons. The zero-order chi connectivity index (χ0) is 14.5. The van der Waals surface area contributed by atoms with Crippen LogP contribution in [0.2, 0.25) is 0 Å². The van der Waals surface area contributed by atoms with Crippen molar-refractivity contribution in [1.29, 1.82) is 0 Å². The van der Waals surface area contributed by atoms with E-state index < -0.39 is 0 Å². The van der Waals surface area contributed by atoms with Gasteiger partial charge in [0.05, 0.1) is 19.9 Å². The summed E-state index contributed by atoms with van der Waals surface area (Å²) < 4.78 is 16.4. The van der Waals surface area contributed by atoms with Gasteiger partial charge in [0.15, 0.2) is 11.5 Å². The summed E-state index contributed by atoms with van der Waals surface area (Å²) in [5, 5.41) is 0. The maximum absolute atomic E-state index is 6.00. The van der Waals surface area contributed by atoms with Crippen molar-refractivity contribution in [3.05, 3.63) is 12.1 Å². The Labute approximate surface area is 120 Å². The third-order valence-corrected chi connectivity index (χ3v) is 3.87. The average Bonchev–Trinajstić information content (AvgIpc) is 2.47. The van der Waals surface area contributed by atoms with E-state index in [0.717, 1.165) is 6.54 Å². The SMILES string of the molecule is COc1cc(N)c(OCC2CCCCN2C)cc1OC. The molecule has 2 N–H and O–H groups in total. The highest BCUT2D eigenvalue weighted by molar-refractivity contribution is 5.61. The first-order chi connectivity index (χ1) is 9.65. The zero-order valence-electron chi connectivity index (χ0n) is 12.5. The molecule has 1 atom stereocenters. The number of nitrogens with two attached hydrogens (primary N) is 1. The van der Waals surface area contributed by atoms with E-state index in [1.807, 2.05) is 0 Å². The van der Waals surface area contributed by atoms with E-state index in [2.05, 4.69) is 11.9 Å². The van der Waals surface area contributed by atoms with E-state index >= 15 is 0 Å². The van der Waals surface area contributed by atoms with Crippen LogP contribution in [0.4, 0.5) is 5.69 Å². The Balaban J connectivity index is 2.05. The molecule has 1 aromatic carbocycles. The summed E-state index contributed by atoms with van der Waals surface area (Å²) in [4.78, 5) is 2.35. The van der Waals surface area contributed by atoms with Gasteiger partial charge in [0.1, 0.15) is 12.4 Å². The molecule has 5 nitrogen and oxygen atoms in total. The van der Waals surface area contributed by atoms with Crippen LogP contribution in [0, 0.1) is 0 Å². The van der Waals surface area contributed by atoms with E-state index in [1.165, 1.54) is 19.3 Å². The fraction of sp³-hybridized carbons (Fsp3) is 0.600. The highest BCUT2D eigenvalue weighted by Gasteiger charge is 2.20. The van der Waals surface area contributed by atoms with Crippen LogP contribution < -0.4 is 19.9 Å². The van der Waals surface area contributed by atoms with Crippen LogP contribution in [-0.4, -0.2) is 45.4 Å². The van der Waals surface area contributed by atoms with Crippen molar-refractivity contribution in [3.8, 4) is 17.2 Å². The van der Waals surface area contributed by atoms with Crippen molar-refractivity contribution in [1.82, 2.24) is 4.90 Å². The summed E-state index contributed by atoms with van der Waals surface area (Å²) >= 11 is 0. The van der Waals surface area contributed by atoms with Crippen LogP contribution in [0.25, 0.3) is 0 Å². The van der Waals surface area contributed by atoms with E-state index in [9.17, 15) is 0 Å². The fourth-order valence-electron chi connectivity index (χ4n) is 2.54. The van der Waals surface area contributed by atoms with E-state index in [0.29, 0.717) is 35.6 Å². The van der Waals surface area contributed by atoms with Crippen molar-refractivity contribution < 1.29 is 14.2 Å². The van der Waals surface area contributed by atoms with Gasteiger partial charge in [-0.2, -0.15) is 0 Å². The molecule has 1 heterocycles. The number of piperidine rings is 1. The van der Waals surface area contributed by atoms with Crippen molar-refractivity contribution in [2.45, 2.75) is 25.3 Å². The van der Waals surface area contributed by atoms with Crippen LogP contribution in [0.5, 0.6) is 17.2 Å². The Morgan fingerprint density at radius 1 is 1.15 bits per heavy atom. The Morgan fingerprint density at radius 3 is 2.50 bits per heavy atom. The minimum absolute atomic E-state index is 0.455. The molecule has 0 spiro atoms. The highest BCUT2D eigenvalue weighted by Crippen LogP contribution is 2.36. The van der Waals surface area contributed by atoms with Crippen LogP contribution in [0.15, 0.2) is 12.1 Å². The summed E-state index contributed by atoms with van der Waals surface area (Å²) in [5.74, 6) is 1.91. The first kappa shape index (κ1) is 14.8. The summed E-state index contributed by atoms with van der Waals surface area (Å²) in [7, 11) is 5.34. The molecule has 1 aromatic rings. The summed E-state index contributed by atoms with van der Waals surface area (Å²) in [6.07, 6.45) is 3.70. The standard InChI is InChI=1S/C15H24N2O3/c1-17-7-5-4-6-11(17)10-20-13-9-15(19-3)14(18-2)8-12(13)16/h8-9,11H,4-7,10,16H2,1-3H3. The zero-order valence-corrected chi connectivity index (χ0v) is 12.5. The minimum atomic E-state index is 0.455. The summed E-state index contributed by atoms with van der Waals surface area (Å²) in [5.41, 5.74) is 6.57. The number of nitrogens with zero attached hydrogens (tertiary/aromatic N) is 1. The molecule has 112 valence electrons. The Kier molecular flexibility index (Phi) is 4.95. The average molecular weight is 280 g/mol. The quantitative estimate of drug-likeness (QED) is 0.838. The lowest BCUT2D eigenvalue weighted by atomic mass is 10.0. The molecule has 0 saturated carbocycles. The monoisotopic (exact) mass is 280 g/mol. The number of anilines is 1. The number of nitrogen functional groups attached to an aromatic ring is 1. The second-order valence-corrected chi connectivity index (χ2v) is 5.19. The molecule has 5 heteroatoms. The largest absolute Gasteiger partial charge is 0.493 e. The minimum Gasteiger partial charge on any atom is -0.493 e. The molecule has 20 heavy (non-hydrogen) atoms. The topological polar surface area (TPSA) is 57.0 Å². The van der Waals surface area contributed by atoms with Crippen LogP contribution in [0.3, 0.4) is 0 Å². The van der Waals surface area contributed by atoms with Crippen LogP contribution >= 0.6 is 0 Å². The number of likely N-dealkylation sites (tertiary alicyclic amines) is 1. The molecule has 0 aliphatic carbocycles. The number of benzene rings is 1. The lowest BCUT2D eigenvalue weighted by molar-refractivity contribution is 0.125. The second-order valence-electron chi connectivity index (χ2n) is 5.19. The molecule has 1 aliphatic rings. The third kappa shape index (κ3) is 3.28. The number of methoxy groups -OCH3 is 2. The first-order valence-corrected chi connectivity index (χ1v) is 7.00. The summed E-state index contributed by atoms with van der Waals surface area (Å²) in [6.45, 7) is 1.78. The van der Waals surface area contributed by atoms with Gasteiger partial charge in [0.25, 0.3) is 0 Å². The Hall–Kier alpha value is -1.62. The van der Waals surface area contributed by atoms with E-state index in [4.69, 9.17) is 19.9 Å². The van der Waals surface area contributed by atoms with Gasteiger partial charge in [-0.3, -0.25) is 0 Å². The lowest BCUT2D eigenvalue weighted by Crippen LogP contribution is -2.40. The number of rotatable bonds is 5. The Bertz CT molecular complexity index is 451. The predicted molar refractivity (Wildman–Crippen MR) is 79.7 cm³/mol. The van der Waals surface area contributed by atoms with Gasteiger partial charge in [-0.05, 0) is 26.4 Å². The number of likely N-dealkylation sites (N-methyl/N-ethyl adjacent to an activating group) is 1.